The lowest BCUT2D eigenvalue weighted by Gasteiger charge is -2.21. The molecular weight excluding hydrogens is 629 g/mol. The van der Waals surface area contributed by atoms with Gasteiger partial charge in [0.15, 0.2) is 0 Å². The van der Waals surface area contributed by atoms with Gasteiger partial charge in [0.25, 0.3) is 0 Å². The molecule has 0 atom stereocenters. The van der Waals surface area contributed by atoms with Crippen LogP contribution in [0.25, 0.3) is 0 Å². The molecular formula is C34H36N2O8S2. The van der Waals surface area contributed by atoms with E-state index in [0.29, 0.717) is 108 Å². The van der Waals surface area contributed by atoms with E-state index in [4.69, 9.17) is 18.9 Å². The molecule has 2 aliphatic heterocycles. The summed E-state index contributed by atoms with van der Waals surface area (Å²) in [7, 11) is 0. The Hall–Kier alpha value is -3.26. The maximum atomic E-state index is 13.1. The average Bonchev–Trinajstić information content (AvgIpc) is 4.01. The molecule has 0 amide bonds. The number of nitrogens with zero attached hydrogens (tertiary/aromatic N) is 2. The summed E-state index contributed by atoms with van der Waals surface area (Å²) in [5.41, 5.74) is 2.96. The SMILES string of the molecule is O=C1C(SCCOCCOCCOCCOCCSC2=C(N3CC3)C(=O)c3ccccc3C2=O)=C(N2CC2)C(=O)c2ccccc21. The number of thioether (sulfide) groups is 2. The summed E-state index contributed by atoms with van der Waals surface area (Å²) < 4.78 is 22.4. The number of carbonyl (C=O) groups is 4. The summed E-state index contributed by atoms with van der Waals surface area (Å²) in [4.78, 5) is 57.1. The molecule has 6 rings (SSSR count). The lowest BCUT2D eigenvalue weighted by molar-refractivity contribution is 0.00147. The molecule has 10 nitrogen and oxygen atoms in total. The summed E-state index contributed by atoms with van der Waals surface area (Å²) in [5, 5.41) is 0. The van der Waals surface area contributed by atoms with Crippen LogP contribution in [-0.2, 0) is 18.9 Å². The molecule has 0 unspecified atom stereocenters. The fourth-order valence-corrected chi connectivity index (χ4v) is 7.25. The topological polar surface area (TPSA) is 111 Å². The van der Waals surface area contributed by atoms with Crippen LogP contribution in [0, 0.1) is 0 Å². The minimum absolute atomic E-state index is 0.0752. The van der Waals surface area contributed by atoms with E-state index in [9.17, 15) is 19.2 Å². The maximum absolute atomic E-state index is 13.1. The van der Waals surface area contributed by atoms with Gasteiger partial charge in [0.2, 0.25) is 23.1 Å². The zero-order valence-electron chi connectivity index (χ0n) is 25.5. The van der Waals surface area contributed by atoms with Crippen molar-refractivity contribution in [3.05, 3.63) is 92.0 Å². The molecule has 0 saturated carbocycles. The van der Waals surface area contributed by atoms with Gasteiger partial charge in [0.05, 0.1) is 62.7 Å². The molecule has 4 aliphatic rings. The van der Waals surface area contributed by atoms with Crippen LogP contribution in [-0.4, -0.2) is 123 Å². The van der Waals surface area contributed by atoms with E-state index in [1.807, 2.05) is 9.80 Å². The van der Waals surface area contributed by atoms with Crippen LogP contribution in [0.4, 0.5) is 0 Å². The molecule has 2 fully saturated rings. The quantitative estimate of drug-likeness (QED) is 0.161. The van der Waals surface area contributed by atoms with E-state index in [2.05, 4.69) is 0 Å². The number of ether oxygens (including phenoxy) is 4. The first-order chi connectivity index (χ1) is 22.6. The molecule has 12 heteroatoms. The van der Waals surface area contributed by atoms with Crippen molar-refractivity contribution in [3.8, 4) is 0 Å². The second-order valence-corrected chi connectivity index (χ2v) is 13.1. The number of fused-ring (bicyclic) bond motifs is 2. The standard InChI is InChI=1S/C34H36N2O8S2/c37-29-23-5-1-3-7-25(23)31(39)33(27(29)35-9-10-35)45-21-19-43-17-15-41-13-14-42-16-18-44-20-22-46-34-28(36-11-12-36)30(38)24-6-2-4-8-26(24)32(34)40/h1-8H,9-22H2. The predicted molar refractivity (Wildman–Crippen MR) is 176 cm³/mol. The first-order valence-corrected chi connectivity index (χ1v) is 17.4. The highest BCUT2D eigenvalue weighted by molar-refractivity contribution is 8.04. The number of benzene rings is 2. The summed E-state index contributed by atoms with van der Waals surface area (Å²) >= 11 is 2.76. The molecule has 2 aliphatic carbocycles. The van der Waals surface area contributed by atoms with Gasteiger partial charge in [-0.15, -0.1) is 23.5 Å². The summed E-state index contributed by atoms with van der Waals surface area (Å²) in [6, 6.07) is 14.0. The first kappa shape index (κ1) is 32.7. The second kappa shape index (κ2) is 15.6. The monoisotopic (exact) mass is 664 g/mol. The molecule has 0 bridgehead atoms. The molecule has 0 radical (unpaired) electrons. The first-order valence-electron chi connectivity index (χ1n) is 15.5. The van der Waals surface area contributed by atoms with Crippen LogP contribution >= 0.6 is 23.5 Å². The number of rotatable bonds is 19. The lowest BCUT2D eigenvalue weighted by Crippen LogP contribution is -2.25. The van der Waals surface area contributed by atoms with Gasteiger partial charge in [-0.2, -0.15) is 0 Å². The van der Waals surface area contributed by atoms with Crippen molar-refractivity contribution < 1.29 is 38.1 Å². The fraction of sp³-hybridized carbons (Fsp3) is 0.412. The highest BCUT2D eigenvalue weighted by atomic mass is 32.2. The van der Waals surface area contributed by atoms with Gasteiger partial charge in [-0.05, 0) is 0 Å². The molecule has 2 heterocycles. The third-order valence-corrected chi connectivity index (χ3v) is 9.77. The highest BCUT2D eigenvalue weighted by Crippen LogP contribution is 2.38. The van der Waals surface area contributed by atoms with Gasteiger partial charge in [-0.3, -0.25) is 19.2 Å². The molecule has 2 aromatic carbocycles. The minimum Gasteiger partial charge on any atom is -0.378 e. The van der Waals surface area contributed by atoms with Crippen molar-refractivity contribution in [1.29, 1.82) is 0 Å². The normalized spacial score (nSPS) is 17.2. The number of hydrogen-bond donors (Lipinski definition) is 0. The van der Waals surface area contributed by atoms with Crippen molar-refractivity contribution >= 4 is 46.7 Å². The van der Waals surface area contributed by atoms with Crippen LogP contribution in [0.3, 0.4) is 0 Å². The third kappa shape index (κ3) is 7.64. The summed E-state index contributed by atoms with van der Waals surface area (Å²) in [6.45, 7) is 6.63. The lowest BCUT2D eigenvalue weighted by atomic mass is 9.92. The van der Waals surface area contributed by atoms with E-state index in [0.717, 1.165) is 26.2 Å². The minimum atomic E-state index is -0.0895. The zero-order valence-corrected chi connectivity index (χ0v) is 27.1. The number of ketones is 4. The van der Waals surface area contributed by atoms with Crippen molar-refractivity contribution in [2.45, 2.75) is 0 Å². The average molecular weight is 665 g/mol. The van der Waals surface area contributed by atoms with Crippen LogP contribution in [0.1, 0.15) is 41.4 Å². The second-order valence-electron chi connectivity index (χ2n) is 10.9. The van der Waals surface area contributed by atoms with Gasteiger partial charge < -0.3 is 28.7 Å². The summed E-state index contributed by atoms with van der Waals surface area (Å²) in [6.07, 6.45) is 0. The van der Waals surface area contributed by atoms with Crippen LogP contribution < -0.4 is 0 Å². The Kier molecular flexibility index (Phi) is 11.0. The Morgan fingerprint density at radius 1 is 0.457 bits per heavy atom. The molecule has 0 N–H and O–H groups in total. The van der Waals surface area contributed by atoms with Crippen molar-refractivity contribution in [3.63, 3.8) is 0 Å². The van der Waals surface area contributed by atoms with Gasteiger partial charge in [-0.25, -0.2) is 0 Å². The van der Waals surface area contributed by atoms with Crippen LogP contribution in [0.5, 0.6) is 0 Å². The number of Topliss-reactive ketones (excluding diaryl/α,β-unsaturated/α-hetero) is 4. The van der Waals surface area contributed by atoms with Gasteiger partial charge in [0.1, 0.15) is 11.4 Å². The van der Waals surface area contributed by atoms with Gasteiger partial charge in [0, 0.05) is 59.9 Å². The molecule has 0 spiro atoms. The van der Waals surface area contributed by atoms with E-state index in [1.165, 1.54) is 23.5 Å². The Morgan fingerprint density at radius 3 is 1.09 bits per heavy atom. The largest absolute Gasteiger partial charge is 0.378 e. The highest BCUT2D eigenvalue weighted by Gasteiger charge is 2.39. The Bertz CT molecular complexity index is 1450. The fourth-order valence-electron chi connectivity index (χ4n) is 5.24. The molecule has 46 heavy (non-hydrogen) atoms. The van der Waals surface area contributed by atoms with E-state index in [1.54, 1.807) is 48.5 Å². The van der Waals surface area contributed by atoms with Crippen LogP contribution in [0.2, 0.25) is 0 Å². The maximum Gasteiger partial charge on any atom is 0.211 e. The van der Waals surface area contributed by atoms with Crippen LogP contribution in [0.15, 0.2) is 69.7 Å². The zero-order chi connectivity index (χ0) is 31.9. The van der Waals surface area contributed by atoms with E-state index in [-0.39, 0.29) is 23.1 Å². The van der Waals surface area contributed by atoms with Crippen molar-refractivity contribution in [2.24, 2.45) is 0 Å². The smallest absolute Gasteiger partial charge is 0.211 e. The van der Waals surface area contributed by atoms with E-state index < -0.39 is 0 Å². The predicted octanol–water partition coefficient (Wildman–Crippen LogP) is 3.73. The third-order valence-electron chi connectivity index (χ3n) is 7.70. The number of carbonyl (C=O) groups excluding carboxylic acids is 4. The summed E-state index contributed by atoms with van der Waals surface area (Å²) in [5.74, 6) is 0.800. The molecule has 2 aromatic rings. The molecule has 242 valence electrons. The van der Waals surface area contributed by atoms with Gasteiger partial charge in [-0.1, -0.05) is 48.5 Å². The van der Waals surface area contributed by atoms with Crippen molar-refractivity contribution in [2.75, 3.05) is 90.5 Å². The Balaban J connectivity index is 0.789. The molecule has 0 aromatic heterocycles. The number of hydrogen-bond acceptors (Lipinski definition) is 12. The van der Waals surface area contributed by atoms with Gasteiger partial charge >= 0.3 is 0 Å². The Labute approximate surface area is 276 Å². The number of allylic oxidation sites excluding steroid dienone is 4. The Morgan fingerprint density at radius 2 is 0.761 bits per heavy atom. The van der Waals surface area contributed by atoms with E-state index >= 15 is 0 Å². The van der Waals surface area contributed by atoms with Crippen molar-refractivity contribution in [1.82, 2.24) is 9.80 Å². The molecule has 2 saturated heterocycles.